The van der Waals surface area contributed by atoms with Crippen LogP contribution in [0, 0.1) is 34.6 Å². The molecule has 1 amide bonds. The summed E-state index contributed by atoms with van der Waals surface area (Å²) in [4.78, 5) is 11.8. The predicted octanol–water partition coefficient (Wildman–Crippen LogP) is 3.56. The van der Waals surface area contributed by atoms with Gasteiger partial charge in [-0.1, -0.05) is 12.1 Å². The van der Waals surface area contributed by atoms with E-state index in [1.807, 2.05) is 6.07 Å². The third kappa shape index (κ3) is 3.06. The van der Waals surface area contributed by atoms with Crippen molar-refractivity contribution in [2.45, 2.75) is 6.42 Å². The second-order valence-electron chi connectivity index (χ2n) is 4.33. The van der Waals surface area contributed by atoms with E-state index in [0.29, 0.717) is 5.56 Å². The number of benzene rings is 2. The summed E-state index contributed by atoms with van der Waals surface area (Å²) in [5.41, 5.74) is -0.0146. The lowest BCUT2D eigenvalue weighted by molar-refractivity contribution is 0.102. The van der Waals surface area contributed by atoms with Crippen LogP contribution in [0.15, 0.2) is 30.3 Å². The molecule has 3 nitrogen and oxygen atoms in total. The molecule has 0 aliphatic rings. The average Bonchev–Trinajstić information content (AvgIpc) is 2.51. The van der Waals surface area contributed by atoms with Gasteiger partial charge in [0.1, 0.15) is 0 Å². The number of hydrogen-bond acceptors (Lipinski definition) is 2. The molecule has 0 aromatic heterocycles. The molecular formula is C15H8F4N2O. The number of nitrogens with zero attached hydrogens (tertiary/aromatic N) is 1. The highest BCUT2D eigenvalue weighted by Crippen LogP contribution is 2.20. The Bertz CT molecular complexity index is 767. The molecule has 0 aliphatic heterocycles. The molecule has 0 saturated heterocycles. The normalized spacial score (nSPS) is 10.1. The van der Waals surface area contributed by atoms with E-state index in [4.69, 9.17) is 5.26 Å². The molecule has 0 unspecified atom stereocenters. The monoisotopic (exact) mass is 308 g/mol. The molecule has 0 radical (unpaired) electrons. The van der Waals surface area contributed by atoms with Crippen molar-refractivity contribution in [2.75, 3.05) is 5.32 Å². The molecular weight excluding hydrogens is 300 g/mol. The van der Waals surface area contributed by atoms with Crippen molar-refractivity contribution >= 4 is 11.6 Å². The van der Waals surface area contributed by atoms with E-state index in [2.05, 4.69) is 5.32 Å². The van der Waals surface area contributed by atoms with Crippen molar-refractivity contribution in [3.05, 3.63) is 64.7 Å². The molecule has 112 valence electrons. The van der Waals surface area contributed by atoms with Gasteiger partial charge in [-0.3, -0.25) is 4.79 Å². The Hall–Kier alpha value is -2.88. The van der Waals surface area contributed by atoms with Crippen LogP contribution in [0.1, 0.15) is 15.9 Å². The van der Waals surface area contributed by atoms with Crippen LogP contribution in [0.3, 0.4) is 0 Å². The van der Waals surface area contributed by atoms with Gasteiger partial charge in [0, 0.05) is 5.69 Å². The molecule has 0 atom stereocenters. The van der Waals surface area contributed by atoms with Gasteiger partial charge in [-0.15, -0.1) is 0 Å². The predicted molar refractivity (Wildman–Crippen MR) is 70.0 cm³/mol. The van der Waals surface area contributed by atoms with Crippen molar-refractivity contribution < 1.29 is 22.4 Å². The van der Waals surface area contributed by atoms with Crippen LogP contribution in [0.2, 0.25) is 0 Å². The second kappa shape index (κ2) is 6.26. The summed E-state index contributed by atoms with van der Waals surface area (Å²) in [6, 6.07) is 8.22. The van der Waals surface area contributed by atoms with E-state index >= 15 is 0 Å². The van der Waals surface area contributed by atoms with E-state index in [0.717, 1.165) is 0 Å². The maximum absolute atomic E-state index is 13.5. The van der Waals surface area contributed by atoms with Gasteiger partial charge >= 0.3 is 0 Å². The number of rotatable bonds is 3. The van der Waals surface area contributed by atoms with Crippen molar-refractivity contribution in [3.63, 3.8) is 0 Å². The van der Waals surface area contributed by atoms with E-state index in [1.165, 1.54) is 12.1 Å². The molecule has 0 aliphatic carbocycles. The molecule has 1 N–H and O–H groups in total. The highest BCUT2D eigenvalue weighted by Gasteiger charge is 2.23. The van der Waals surface area contributed by atoms with Gasteiger partial charge in [-0.25, -0.2) is 17.6 Å². The fourth-order valence-corrected chi connectivity index (χ4v) is 1.73. The molecule has 0 fully saturated rings. The molecule has 0 saturated carbocycles. The van der Waals surface area contributed by atoms with Gasteiger partial charge in [0.2, 0.25) is 0 Å². The lowest BCUT2D eigenvalue weighted by Crippen LogP contribution is -2.16. The lowest BCUT2D eigenvalue weighted by Gasteiger charge is -2.08. The van der Waals surface area contributed by atoms with E-state index in [9.17, 15) is 22.4 Å². The molecule has 0 heterocycles. The van der Waals surface area contributed by atoms with Crippen LogP contribution >= 0.6 is 0 Å². The largest absolute Gasteiger partial charge is 0.322 e. The fourth-order valence-electron chi connectivity index (χ4n) is 1.73. The Labute approximate surface area is 122 Å². The summed E-state index contributed by atoms with van der Waals surface area (Å²) < 4.78 is 52.5. The van der Waals surface area contributed by atoms with Crippen LogP contribution in [0.4, 0.5) is 23.2 Å². The smallest absolute Gasteiger partial charge is 0.258 e. The second-order valence-corrected chi connectivity index (χ2v) is 4.33. The summed E-state index contributed by atoms with van der Waals surface area (Å²) in [5.74, 6) is -8.57. The number of nitrogens with one attached hydrogen (secondary N) is 1. The maximum atomic E-state index is 13.5. The van der Waals surface area contributed by atoms with Crippen LogP contribution in [-0.4, -0.2) is 5.91 Å². The van der Waals surface area contributed by atoms with E-state index < -0.39 is 34.7 Å². The van der Waals surface area contributed by atoms with Crippen molar-refractivity contribution in [2.24, 2.45) is 0 Å². The maximum Gasteiger partial charge on any atom is 0.258 e. The summed E-state index contributed by atoms with van der Waals surface area (Å²) in [6.07, 6.45) is 0.178. The Kier molecular flexibility index (Phi) is 4.41. The van der Waals surface area contributed by atoms with Crippen molar-refractivity contribution in [1.82, 2.24) is 0 Å². The first-order valence-corrected chi connectivity index (χ1v) is 6.04. The first-order chi connectivity index (χ1) is 10.4. The van der Waals surface area contributed by atoms with Crippen LogP contribution in [-0.2, 0) is 6.42 Å². The first kappa shape index (κ1) is 15.5. The first-order valence-electron chi connectivity index (χ1n) is 6.04. The highest BCUT2D eigenvalue weighted by molar-refractivity contribution is 6.04. The summed E-state index contributed by atoms with van der Waals surface area (Å²) >= 11 is 0. The number of halogens is 4. The number of anilines is 1. The molecule has 2 aromatic rings. The van der Waals surface area contributed by atoms with Crippen LogP contribution in [0.25, 0.3) is 0 Å². The van der Waals surface area contributed by atoms with Gasteiger partial charge in [0.15, 0.2) is 23.3 Å². The minimum Gasteiger partial charge on any atom is -0.322 e. The minimum absolute atomic E-state index is 0.178. The SMILES string of the molecule is N#CCc1ccc(NC(=O)c2cc(F)c(F)c(F)c2F)cc1. The Morgan fingerprint density at radius 2 is 1.68 bits per heavy atom. The Balaban J connectivity index is 2.24. The van der Waals surface area contributed by atoms with Gasteiger partial charge in [0.05, 0.1) is 18.1 Å². The Morgan fingerprint density at radius 1 is 1.05 bits per heavy atom. The number of carbonyl (C=O) groups is 1. The zero-order chi connectivity index (χ0) is 16.3. The van der Waals surface area contributed by atoms with E-state index in [1.54, 1.807) is 12.1 Å². The summed E-state index contributed by atoms with van der Waals surface area (Å²) in [5, 5.41) is 10.7. The highest BCUT2D eigenvalue weighted by atomic mass is 19.2. The molecule has 7 heteroatoms. The minimum atomic E-state index is -2.05. The third-order valence-electron chi connectivity index (χ3n) is 2.84. The summed E-state index contributed by atoms with van der Waals surface area (Å²) in [6.45, 7) is 0. The fraction of sp³-hybridized carbons (Fsp3) is 0.0667. The summed E-state index contributed by atoms with van der Waals surface area (Å²) in [7, 11) is 0. The number of nitriles is 1. The Morgan fingerprint density at radius 3 is 2.27 bits per heavy atom. The quantitative estimate of drug-likeness (QED) is 0.535. The molecule has 2 rings (SSSR count). The van der Waals surface area contributed by atoms with Crippen LogP contribution < -0.4 is 5.32 Å². The standard InChI is InChI=1S/C15H8F4N2O/c16-11-7-10(12(17)14(19)13(11)18)15(22)21-9-3-1-8(2-4-9)5-6-20/h1-4,7H,5H2,(H,21,22). The zero-order valence-electron chi connectivity index (χ0n) is 11.0. The number of amides is 1. The van der Waals surface area contributed by atoms with Gasteiger partial charge < -0.3 is 5.32 Å². The molecule has 0 bridgehead atoms. The topological polar surface area (TPSA) is 52.9 Å². The van der Waals surface area contributed by atoms with E-state index in [-0.39, 0.29) is 18.2 Å². The molecule has 2 aromatic carbocycles. The van der Waals surface area contributed by atoms with Crippen molar-refractivity contribution in [1.29, 1.82) is 5.26 Å². The van der Waals surface area contributed by atoms with Crippen LogP contribution in [0.5, 0.6) is 0 Å². The van der Waals surface area contributed by atoms with Crippen molar-refractivity contribution in [3.8, 4) is 6.07 Å². The average molecular weight is 308 g/mol. The number of hydrogen-bond donors (Lipinski definition) is 1. The number of carbonyl (C=O) groups excluding carboxylic acids is 1. The zero-order valence-corrected chi connectivity index (χ0v) is 11.0. The third-order valence-corrected chi connectivity index (χ3v) is 2.84. The van der Waals surface area contributed by atoms with Gasteiger partial charge in [-0.2, -0.15) is 5.26 Å². The lowest BCUT2D eigenvalue weighted by atomic mass is 10.1. The van der Waals surface area contributed by atoms with Gasteiger partial charge in [-0.05, 0) is 23.8 Å². The molecule has 0 spiro atoms. The van der Waals surface area contributed by atoms with Gasteiger partial charge in [0.25, 0.3) is 5.91 Å². The molecule has 22 heavy (non-hydrogen) atoms.